The van der Waals surface area contributed by atoms with Gasteiger partial charge in [-0.2, -0.15) is 0 Å². The lowest BCUT2D eigenvalue weighted by atomic mass is 9.99. The summed E-state index contributed by atoms with van der Waals surface area (Å²) in [7, 11) is 0. The first-order chi connectivity index (χ1) is 8.11. The Morgan fingerprint density at radius 1 is 1.35 bits per heavy atom. The van der Waals surface area contributed by atoms with Gasteiger partial charge in [0.2, 0.25) is 0 Å². The summed E-state index contributed by atoms with van der Waals surface area (Å²) in [6.07, 6.45) is -3.27. The van der Waals surface area contributed by atoms with Crippen molar-refractivity contribution in [1.82, 2.24) is 0 Å². The fraction of sp³-hybridized carbons (Fsp3) is 0.818. The van der Waals surface area contributed by atoms with E-state index in [0.29, 0.717) is 6.42 Å². The largest absolute Gasteiger partial charge is 0.829 e. The highest BCUT2D eigenvalue weighted by Gasteiger charge is 2.40. The zero-order valence-electron chi connectivity index (χ0n) is 9.57. The minimum absolute atomic E-state index is 0.284. The van der Waals surface area contributed by atoms with Gasteiger partial charge < -0.3 is 29.9 Å². The highest BCUT2D eigenvalue weighted by molar-refractivity contribution is 4.88. The summed E-state index contributed by atoms with van der Waals surface area (Å²) in [6, 6.07) is 0. The second-order valence-electron chi connectivity index (χ2n) is 3.97. The van der Waals surface area contributed by atoms with Gasteiger partial charge in [-0.3, -0.25) is 0 Å². The number of unbranched alkanes of at least 4 members (excludes halogenated alkanes) is 1. The van der Waals surface area contributed by atoms with Crippen LogP contribution in [-0.4, -0.2) is 59.2 Å². The maximum atomic E-state index is 11.5. The third-order valence-corrected chi connectivity index (χ3v) is 2.69. The molecule has 0 aromatic carbocycles. The fourth-order valence-electron chi connectivity index (χ4n) is 1.68. The zero-order chi connectivity index (χ0) is 12.8. The van der Waals surface area contributed by atoms with E-state index in [-0.39, 0.29) is 6.61 Å². The first-order valence-corrected chi connectivity index (χ1v) is 5.62. The van der Waals surface area contributed by atoms with Crippen molar-refractivity contribution >= 4 is 0 Å². The van der Waals surface area contributed by atoms with E-state index in [1.165, 1.54) is 0 Å². The summed E-state index contributed by atoms with van der Waals surface area (Å²) in [6.45, 7) is 3.32. The summed E-state index contributed by atoms with van der Waals surface area (Å²) >= 11 is 0. The molecule has 0 saturated carbocycles. The molecule has 1 unspecified atom stereocenters. The first kappa shape index (κ1) is 14.6. The molecule has 0 amide bonds. The average Bonchev–Trinajstić information content (AvgIpc) is 2.32. The van der Waals surface area contributed by atoms with Gasteiger partial charge in [-0.05, 0) is 12.8 Å². The van der Waals surface area contributed by atoms with Crippen LogP contribution in [0.3, 0.4) is 0 Å². The maximum absolute atomic E-state index is 11.5. The molecule has 17 heavy (non-hydrogen) atoms. The molecule has 1 aliphatic rings. The molecular formula is C11H19O6-. The Hall–Kier alpha value is -0.500. The molecule has 5 atom stereocenters. The van der Waals surface area contributed by atoms with Crippen LogP contribution in [0.15, 0.2) is 12.7 Å². The molecular weight excluding hydrogens is 228 g/mol. The first-order valence-electron chi connectivity index (χ1n) is 5.62. The van der Waals surface area contributed by atoms with Crippen LogP contribution < -0.4 is 5.11 Å². The van der Waals surface area contributed by atoms with Crippen LogP contribution in [0.4, 0.5) is 0 Å². The number of aliphatic hydroxyl groups is 3. The van der Waals surface area contributed by atoms with Crippen molar-refractivity contribution in [3.05, 3.63) is 12.7 Å². The van der Waals surface area contributed by atoms with Gasteiger partial charge >= 0.3 is 0 Å². The van der Waals surface area contributed by atoms with Gasteiger partial charge in [-0.15, -0.1) is 6.58 Å². The van der Waals surface area contributed by atoms with Crippen LogP contribution in [0.2, 0.25) is 0 Å². The molecule has 100 valence electrons. The van der Waals surface area contributed by atoms with E-state index in [9.17, 15) is 15.3 Å². The predicted molar refractivity (Wildman–Crippen MR) is 56.9 cm³/mol. The number of hydrogen-bond donors (Lipinski definition) is 3. The minimum atomic E-state index is -1.60. The van der Waals surface area contributed by atoms with Crippen molar-refractivity contribution in [1.29, 1.82) is 0 Å². The highest BCUT2D eigenvalue weighted by atomic mass is 16.7. The van der Waals surface area contributed by atoms with Crippen LogP contribution in [0.25, 0.3) is 0 Å². The van der Waals surface area contributed by atoms with Crippen molar-refractivity contribution in [3.63, 3.8) is 0 Å². The van der Waals surface area contributed by atoms with E-state index in [0.717, 1.165) is 6.42 Å². The molecule has 0 aromatic heterocycles. The Bertz CT molecular complexity index is 234. The summed E-state index contributed by atoms with van der Waals surface area (Å²) in [5.74, 6) is 0. The normalized spacial score (nSPS) is 38.0. The number of ether oxygens (including phenoxy) is 2. The van der Waals surface area contributed by atoms with Crippen molar-refractivity contribution in [2.24, 2.45) is 0 Å². The van der Waals surface area contributed by atoms with Crippen molar-refractivity contribution in [3.8, 4) is 0 Å². The molecule has 1 rings (SSSR count). The number of hydrogen-bond acceptors (Lipinski definition) is 6. The summed E-state index contributed by atoms with van der Waals surface area (Å²) in [4.78, 5) is 0. The van der Waals surface area contributed by atoms with E-state index < -0.39 is 37.3 Å². The molecule has 0 radical (unpaired) electrons. The highest BCUT2D eigenvalue weighted by Crippen LogP contribution is 2.20. The summed E-state index contributed by atoms with van der Waals surface area (Å²) in [5.41, 5.74) is 0. The van der Waals surface area contributed by atoms with E-state index >= 15 is 0 Å². The Morgan fingerprint density at radius 2 is 2.06 bits per heavy atom. The Morgan fingerprint density at radius 3 is 2.65 bits per heavy atom. The Kier molecular flexibility index (Phi) is 6.04. The van der Waals surface area contributed by atoms with Crippen LogP contribution in [0.1, 0.15) is 12.8 Å². The van der Waals surface area contributed by atoms with Crippen LogP contribution >= 0.6 is 0 Å². The SMILES string of the molecule is C=CCCCO[C@@H]1C([O-])O[C@H](CO)[C@@H](O)[C@@H]1O. The van der Waals surface area contributed by atoms with Gasteiger partial charge in [-0.25, -0.2) is 0 Å². The lowest BCUT2D eigenvalue weighted by Crippen LogP contribution is -2.63. The maximum Gasteiger partial charge on any atom is 0.111 e. The van der Waals surface area contributed by atoms with Gasteiger partial charge in [0.05, 0.1) is 12.7 Å². The lowest BCUT2D eigenvalue weighted by Gasteiger charge is -2.45. The van der Waals surface area contributed by atoms with Gasteiger partial charge in [0.1, 0.15) is 18.3 Å². The van der Waals surface area contributed by atoms with E-state index in [1.807, 2.05) is 0 Å². The molecule has 1 fully saturated rings. The monoisotopic (exact) mass is 247 g/mol. The quantitative estimate of drug-likeness (QED) is 0.376. The lowest BCUT2D eigenvalue weighted by molar-refractivity contribution is -0.534. The minimum Gasteiger partial charge on any atom is -0.829 e. The van der Waals surface area contributed by atoms with Crippen molar-refractivity contribution in [2.45, 2.75) is 43.5 Å². The van der Waals surface area contributed by atoms with E-state index in [1.54, 1.807) is 6.08 Å². The zero-order valence-corrected chi connectivity index (χ0v) is 9.57. The van der Waals surface area contributed by atoms with Gasteiger partial charge in [-0.1, -0.05) is 6.08 Å². The topological polar surface area (TPSA) is 102 Å². The smallest absolute Gasteiger partial charge is 0.111 e. The molecule has 1 aliphatic heterocycles. The molecule has 0 spiro atoms. The average molecular weight is 247 g/mol. The molecule has 0 aromatic rings. The Balaban J connectivity index is 2.45. The second-order valence-corrected chi connectivity index (χ2v) is 3.97. The van der Waals surface area contributed by atoms with Crippen LogP contribution in [0.5, 0.6) is 0 Å². The molecule has 6 heteroatoms. The number of rotatable bonds is 6. The number of allylic oxidation sites excluding steroid dienone is 1. The van der Waals surface area contributed by atoms with Crippen molar-refractivity contribution in [2.75, 3.05) is 13.2 Å². The molecule has 1 heterocycles. The van der Waals surface area contributed by atoms with E-state index in [2.05, 4.69) is 6.58 Å². The van der Waals surface area contributed by atoms with E-state index in [4.69, 9.17) is 14.6 Å². The molecule has 1 saturated heterocycles. The second kappa shape index (κ2) is 7.05. The van der Waals surface area contributed by atoms with Gasteiger partial charge in [0.15, 0.2) is 0 Å². The summed E-state index contributed by atoms with van der Waals surface area (Å²) in [5, 5.41) is 39.6. The summed E-state index contributed by atoms with van der Waals surface area (Å²) < 4.78 is 10.0. The van der Waals surface area contributed by atoms with Crippen LogP contribution in [0, 0.1) is 0 Å². The third-order valence-electron chi connectivity index (χ3n) is 2.69. The molecule has 0 aliphatic carbocycles. The molecule has 3 N–H and O–H groups in total. The van der Waals surface area contributed by atoms with Gasteiger partial charge in [0.25, 0.3) is 0 Å². The fourth-order valence-corrected chi connectivity index (χ4v) is 1.68. The van der Waals surface area contributed by atoms with Crippen molar-refractivity contribution < 1.29 is 29.9 Å². The van der Waals surface area contributed by atoms with Gasteiger partial charge in [0, 0.05) is 12.9 Å². The third kappa shape index (κ3) is 3.74. The van der Waals surface area contributed by atoms with Crippen LogP contribution in [-0.2, 0) is 9.47 Å². The molecule has 6 nitrogen and oxygen atoms in total. The Labute approximate surface area is 100 Å². The molecule has 0 bridgehead atoms. The predicted octanol–water partition coefficient (Wildman–Crippen LogP) is -1.86. The standard InChI is InChI=1S/C11H19O6/c1-2-3-4-5-16-10-9(14)8(13)7(6-12)17-11(10)15/h2,7-14H,1,3-6H2/q-1/t7-,8-,9+,10+,11?/m1/s1. The number of aliphatic hydroxyl groups excluding tert-OH is 3.